The van der Waals surface area contributed by atoms with E-state index in [1.807, 2.05) is 6.92 Å². The number of nitrogens with zero attached hydrogens (tertiary/aromatic N) is 4. The van der Waals surface area contributed by atoms with Crippen molar-refractivity contribution in [2.24, 2.45) is 0 Å². The van der Waals surface area contributed by atoms with Crippen LogP contribution in [0.3, 0.4) is 0 Å². The van der Waals surface area contributed by atoms with Crippen molar-refractivity contribution in [2.45, 2.75) is 52.2 Å². The lowest BCUT2D eigenvalue weighted by Gasteiger charge is -2.42. The fraction of sp³-hybridized carbons (Fsp3) is 0.762. The van der Waals surface area contributed by atoms with E-state index in [1.54, 1.807) is 4.90 Å². The summed E-state index contributed by atoms with van der Waals surface area (Å²) in [4.78, 5) is 14.3. The molecule has 0 aliphatic carbocycles. The molecule has 1 aromatic heterocycles. The molecule has 30 heavy (non-hydrogen) atoms. The number of hydrogen-bond acceptors (Lipinski definition) is 7. The van der Waals surface area contributed by atoms with E-state index in [4.69, 9.17) is 14.2 Å². The molecular weight excluding hydrogens is 404 g/mol. The maximum absolute atomic E-state index is 12.5. The van der Waals surface area contributed by atoms with E-state index < -0.39 is 0 Å². The Morgan fingerprint density at radius 1 is 1.30 bits per heavy atom. The van der Waals surface area contributed by atoms with Gasteiger partial charge in [-0.05, 0) is 6.42 Å². The Morgan fingerprint density at radius 2 is 2.10 bits per heavy atom. The molecule has 3 heterocycles. The van der Waals surface area contributed by atoms with Crippen LogP contribution in [-0.4, -0.2) is 83.5 Å². The van der Waals surface area contributed by atoms with Crippen LogP contribution in [0.15, 0.2) is 6.08 Å². The number of hydrogen-bond donors (Lipinski definition) is 0. The molecule has 1 unspecified atom stereocenters. The first kappa shape index (κ1) is 23.0. The summed E-state index contributed by atoms with van der Waals surface area (Å²) in [6.07, 6.45) is 7.26. The first-order chi connectivity index (χ1) is 14.5. The van der Waals surface area contributed by atoms with Crippen molar-refractivity contribution < 1.29 is 23.5 Å². The third-order valence-electron chi connectivity index (χ3n) is 5.98. The number of carbonyl (C=O) groups is 1. The van der Waals surface area contributed by atoms with Crippen molar-refractivity contribution in [3.05, 3.63) is 11.8 Å². The quantitative estimate of drug-likeness (QED) is 0.433. The summed E-state index contributed by atoms with van der Waals surface area (Å²) in [5.41, 5.74) is 1.96. The van der Waals surface area contributed by atoms with Gasteiger partial charge in [0.1, 0.15) is 12.2 Å². The van der Waals surface area contributed by atoms with Gasteiger partial charge in [-0.3, -0.25) is 4.48 Å². The summed E-state index contributed by atoms with van der Waals surface area (Å²) in [7, 11) is 2.13. The Kier molecular flexibility index (Phi) is 8.47. The van der Waals surface area contributed by atoms with E-state index in [9.17, 15) is 4.79 Å². The number of unbranched alkanes of at least 4 members (excludes halogenated alkanes) is 3. The second-order valence-corrected chi connectivity index (χ2v) is 8.82. The highest BCUT2D eigenvalue weighted by atomic mass is 32.1. The Labute approximate surface area is 183 Å². The average Bonchev–Trinajstić information content (AvgIpc) is 3.23. The smallest absolute Gasteiger partial charge is 0.414 e. The van der Waals surface area contributed by atoms with Crippen LogP contribution < -0.4 is 4.74 Å². The molecule has 0 N–H and O–H groups in total. The van der Waals surface area contributed by atoms with Crippen LogP contribution >= 0.6 is 11.7 Å². The highest BCUT2D eigenvalue weighted by Gasteiger charge is 2.37. The van der Waals surface area contributed by atoms with Gasteiger partial charge in [0, 0.05) is 32.0 Å². The van der Waals surface area contributed by atoms with E-state index in [0.29, 0.717) is 43.3 Å². The number of carbonyl (C=O) groups excluding carboxylic acids is 1. The van der Waals surface area contributed by atoms with Crippen molar-refractivity contribution in [3.8, 4) is 5.88 Å². The van der Waals surface area contributed by atoms with Crippen LogP contribution in [0.5, 0.6) is 5.88 Å². The van der Waals surface area contributed by atoms with Crippen molar-refractivity contribution in [1.82, 2.24) is 13.6 Å². The molecule has 3 rings (SSSR count). The molecule has 0 spiro atoms. The van der Waals surface area contributed by atoms with E-state index in [1.165, 1.54) is 31.0 Å². The third-order valence-corrected chi connectivity index (χ3v) is 6.49. The topological polar surface area (TPSA) is 73.8 Å². The molecular formula is C21H35N4O4S+. The number of ether oxygens (including phenoxy) is 3. The zero-order chi connectivity index (χ0) is 21.4. The van der Waals surface area contributed by atoms with Crippen LogP contribution in [0.25, 0.3) is 5.57 Å². The average molecular weight is 440 g/mol. The number of quaternary nitrogens is 1. The third kappa shape index (κ3) is 5.92. The number of aromatic nitrogens is 2. The van der Waals surface area contributed by atoms with Gasteiger partial charge in [0.05, 0.1) is 45.1 Å². The van der Waals surface area contributed by atoms with Gasteiger partial charge >= 0.3 is 6.09 Å². The van der Waals surface area contributed by atoms with E-state index >= 15 is 0 Å². The van der Waals surface area contributed by atoms with Gasteiger partial charge in [-0.25, -0.2) is 4.79 Å². The minimum atomic E-state index is -0.257. The highest BCUT2D eigenvalue weighted by molar-refractivity contribution is 6.99. The lowest BCUT2D eigenvalue weighted by atomic mass is 10.0. The Morgan fingerprint density at radius 3 is 2.87 bits per heavy atom. The second kappa shape index (κ2) is 11.1. The maximum atomic E-state index is 12.5. The molecule has 1 fully saturated rings. The normalized spacial score (nSPS) is 23.0. The number of morpholine rings is 1. The minimum Gasteiger partial charge on any atom is -0.475 e. The summed E-state index contributed by atoms with van der Waals surface area (Å²) in [6.45, 7) is 8.81. The van der Waals surface area contributed by atoms with Crippen LogP contribution in [-0.2, 0) is 9.47 Å². The molecule has 2 aliphatic rings. The molecule has 0 aromatic carbocycles. The van der Waals surface area contributed by atoms with Crippen molar-refractivity contribution in [2.75, 3.05) is 53.0 Å². The number of amides is 1. The number of likely N-dealkylation sites (N-methyl/N-ethyl adjacent to an activating group) is 1. The first-order valence-electron chi connectivity index (χ1n) is 11.1. The molecule has 1 amide bonds. The fourth-order valence-corrected chi connectivity index (χ4v) is 4.34. The van der Waals surface area contributed by atoms with Crippen LogP contribution in [0.4, 0.5) is 4.79 Å². The molecule has 0 radical (unpaired) electrons. The van der Waals surface area contributed by atoms with Crippen LogP contribution in [0, 0.1) is 0 Å². The summed E-state index contributed by atoms with van der Waals surface area (Å²) in [5.74, 6) is 0.633. The van der Waals surface area contributed by atoms with Gasteiger partial charge < -0.3 is 19.1 Å². The van der Waals surface area contributed by atoms with Crippen LogP contribution in [0.2, 0.25) is 0 Å². The van der Waals surface area contributed by atoms with E-state index in [2.05, 4.69) is 28.8 Å². The van der Waals surface area contributed by atoms with Crippen molar-refractivity contribution >= 4 is 23.4 Å². The Hall–Kier alpha value is -1.71. The first-order valence-corrected chi connectivity index (χ1v) is 11.8. The van der Waals surface area contributed by atoms with Crippen LogP contribution in [0.1, 0.15) is 51.6 Å². The number of rotatable bonds is 9. The summed E-state index contributed by atoms with van der Waals surface area (Å²) >= 11 is 1.19. The lowest BCUT2D eigenvalue weighted by Crippen LogP contribution is -2.56. The summed E-state index contributed by atoms with van der Waals surface area (Å²) < 4.78 is 26.6. The fourth-order valence-electron chi connectivity index (χ4n) is 3.81. The maximum Gasteiger partial charge on any atom is 0.414 e. The summed E-state index contributed by atoms with van der Waals surface area (Å²) in [5, 5.41) is 0. The molecule has 0 saturated carbocycles. The second-order valence-electron chi connectivity index (χ2n) is 8.29. The minimum absolute atomic E-state index is 0.256. The molecule has 1 aromatic rings. The van der Waals surface area contributed by atoms with Gasteiger partial charge in [0.2, 0.25) is 6.23 Å². The molecule has 168 valence electrons. The van der Waals surface area contributed by atoms with E-state index in [-0.39, 0.29) is 12.3 Å². The molecule has 9 heteroatoms. The molecule has 1 saturated heterocycles. The monoisotopic (exact) mass is 439 g/mol. The largest absolute Gasteiger partial charge is 0.475 e. The lowest BCUT2D eigenvalue weighted by molar-refractivity contribution is -0.944. The Balaban J connectivity index is 1.58. The zero-order valence-corrected chi connectivity index (χ0v) is 19.3. The molecule has 0 bridgehead atoms. The van der Waals surface area contributed by atoms with Gasteiger partial charge in [0.25, 0.3) is 5.88 Å². The Bertz CT molecular complexity index is 720. The highest BCUT2D eigenvalue weighted by Crippen LogP contribution is 2.31. The van der Waals surface area contributed by atoms with Gasteiger partial charge in [-0.15, -0.1) is 4.37 Å². The summed E-state index contributed by atoms with van der Waals surface area (Å²) in [6, 6.07) is 0. The predicted molar refractivity (Wildman–Crippen MR) is 116 cm³/mol. The van der Waals surface area contributed by atoms with Gasteiger partial charge in [-0.1, -0.05) is 32.3 Å². The zero-order valence-electron chi connectivity index (χ0n) is 18.5. The molecule has 2 aliphatic heterocycles. The predicted octanol–water partition coefficient (Wildman–Crippen LogP) is 3.55. The molecule has 2 atom stereocenters. The molecule has 8 nitrogen and oxygen atoms in total. The van der Waals surface area contributed by atoms with Gasteiger partial charge in [0.15, 0.2) is 0 Å². The van der Waals surface area contributed by atoms with Crippen molar-refractivity contribution in [3.63, 3.8) is 0 Å². The van der Waals surface area contributed by atoms with E-state index in [0.717, 1.165) is 37.2 Å². The van der Waals surface area contributed by atoms with Gasteiger partial charge in [-0.2, -0.15) is 4.37 Å². The van der Waals surface area contributed by atoms with Crippen molar-refractivity contribution in [1.29, 1.82) is 0 Å². The standard InChI is InChI=1S/C21H35N4O4S/c1-4-5-6-7-13-28-20-19(22-30-23-20)18-9-8-12-25(3,16-18)17(2)29-21(26)24-10-14-27-15-11-24/h9,17H,4-8,10-16H2,1-3H3/q+1/t17-,25?/m0/s1. The SMILES string of the molecule is CCCCCCOc1nsnc1C1=CCC[N+](C)([C@H](C)OC(=O)N2CCOCC2)C1.